The van der Waals surface area contributed by atoms with Gasteiger partial charge in [0, 0.05) is 18.2 Å². The molecule has 0 saturated carbocycles. The first kappa shape index (κ1) is 28.6. The lowest BCUT2D eigenvalue weighted by Gasteiger charge is -2.00. The lowest BCUT2D eigenvalue weighted by atomic mass is 10.1. The van der Waals surface area contributed by atoms with E-state index in [2.05, 4.69) is 30.5 Å². The fraction of sp³-hybridized carbons (Fsp3) is 0.185. The van der Waals surface area contributed by atoms with Crippen molar-refractivity contribution in [3.63, 3.8) is 0 Å². The molecular weight excluding hydrogens is 586 g/mol. The predicted octanol–water partition coefficient (Wildman–Crippen LogP) is 5.35. The number of benzene rings is 2. The number of hydrogen-bond acceptors (Lipinski definition) is 12. The Bertz CT molecular complexity index is 1700. The normalized spacial score (nSPS) is 10.9. The first-order valence-electron chi connectivity index (χ1n) is 12.3. The van der Waals surface area contributed by atoms with Crippen molar-refractivity contribution in [2.24, 2.45) is 7.05 Å². The van der Waals surface area contributed by atoms with E-state index in [1.54, 1.807) is 17.4 Å². The Morgan fingerprint density at radius 1 is 0.854 bits per heavy atom. The number of rotatable bonds is 9. The smallest absolute Gasteiger partial charge is 0.257 e. The zero-order chi connectivity index (χ0) is 28.6. The van der Waals surface area contributed by atoms with Crippen molar-refractivity contribution >= 4 is 34.7 Å². The van der Waals surface area contributed by atoms with E-state index in [4.69, 9.17) is 25.8 Å². The van der Waals surface area contributed by atoms with Crippen LogP contribution in [0.3, 0.4) is 0 Å². The molecule has 0 spiro atoms. The highest BCUT2D eigenvalue weighted by Gasteiger charge is 2.15. The number of aromatic nitrogens is 7. The summed E-state index contributed by atoms with van der Waals surface area (Å²) in [6, 6.07) is 18.7. The molecule has 11 nitrogen and oxygen atoms in total. The second-order valence-corrected chi connectivity index (χ2v) is 10.7. The Kier molecular flexibility index (Phi) is 9.54. The van der Waals surface area contributed by atoms with Crippen LogP contribution in [0.5, 0.6) is 0 Å². The monoisotopic (exact) mass is 609 g/mol. The Balaban J connectivity index is 0.000000191. The number of halogens is 1. The van der Waals surface area contributed by atoms with Crippen molar-refractivity contribution in [3.05, 3.63) is 88.8 Å². The molecule has 2 N–H and O–H groups in total. The lowest BCUT2D eigenvalue weighted by Crippen LogP contribution is -1.94. The number of alkyl halides is 1. The van der Waals surface area contributed by atoms with Crippen LogP contribution in [0.15, 0.2) is 80.2 Å². The highest BCUT2D eigenvalue weighted by Crippen LogP contribution is 2.28. The minimum absolute atomic E-state index is 0.00958. The molecule has 0 aliphatic carbocycles. The van der Waals surface area contributed by atoms with E-state index in [-0.39, 0.29) is 19.1 Å². The Morgan fingerprint density at radius 2 is 1.49 bits per heavy atom. The zero-order valence-corrected chi connectivity index (χ0v) is 24.1. The van der Waals surface area contributed by atoms with Gasteiger partial charge in [0.05, 0.1) is 29.7 Å². The minimum Gasteiger partial charge on any atom is -0.392 e. The average molecular weight is 610 g/mol. The zero-order valence-electron chi connectivity index (χ0n) is 21.7. The van der Waals surface area contributed by atoms with Gasteiger partial charge in [-0.1, -0.05) is 52.4 Å². The molecule has 0 radical (unpaired) electrons. The first-order valence-corrected chi connectivity index (χ1v) is 14.7. The van der Waals surface area contributed by atoms with Gasteiger partial charge in [0.15, 0.2) is 22.6 Å². The molecule has 6 aromatic rings. The molecule has 0 amide bonds. The molecule has 0 atom stereocenters. The number of aliphatic hydroxyl groups is 2. The van der Waals surface area contributed by atoms with Gasteiger partial charge in [-0.2, -0.15) is 9.97 Å². The SMILES string of the molecule is Cn1c(SCc2noc(-c3cccc(CO)c3)n2)nnc1-c1cccs1.OCc1cccc(-c2nc(CCl)no2)c1. The molecule has 41 heavy (non-hydrogen) atoms. The summed E-state index contributed by atoms with van der Waals surface area (Å²) in [5.74, 6) is 3.50. The average Bonchev–Trinajstić information content (AvgIpc) is 3.84. The van der Waals surface area contributed by atoms with Crippen molar-refractivity contribution in [1.29, 1.82) is 0 Å². The van der Waals surface area contributed by atoms with Gasteiger partial charge in [-0.25, -0.2) is 0 Å². The van der Waals surface area contributed by atoms with Crippen molar-refractivity contribution < 1.29 is 19.3 Å². The highest BCUT2D eigenvalue weighted by molar-refractivity contribution is 7.98. The molecule has 4 heterocycles. The summed E-state index contributed by atoms with van der Waals surface area (Å²) in [5, 5.41) is 37.2. The first-order chi connectivity index (χ1) is 20.1. The summed E-state index contributed by atoms with van der Waals surface area (Å²) >= 11 is 8.70. The van der Waals surface area contributed by atoms with E-state index in [1.165, 1.54) is 11.8 Å². The molecule has 0 aliphatic heterocycles. The fourth-order valence-corrected chi connectivity index (χ4v) is 5.26. The van der Waals surface area contributed by atoms with Crippen molar-refractivity contribution in [3.8, 4) is 33.6 Å². The fourth-order valence-electron chi connectivity index (χ4n) is 3.65. The molecule has 0 unspecified atom stereocenters. The Hall–Kier alpha value is -3.88. The molecule has 0 bridgehead atoms. The van der Waals surface area contributed by atoms with Gasteiger partial charge in [-0.3, -0.25) is 0 Å². The van der Waals surface area contributed by atoms with Gasteiger partial charge in [0.2, 0.25) is 0 Å². The summed E-state index contributed by atoms with van der Waals surface area (Å²) in [4.78, 5) is 9.59. The van der Waals surface area contributed by atoms with E-state index in [9.17, 15) is 5.11 Å². The number of hydrogen-bond donors (Lipinski definition) is 2. The van der Waals surface area contributed by atoms with Gasteiger partial charge in [0.1, 0.15) is 0 Å². The maximum atomic E-state index is 9.24. The number of nitrogens with zero attached hydrogens (tertiary/aromatic N) is 7. The van der Waals surface area contributed by atoms with E-state index in [0.717, 1.165) is 38.1 Å². The summed E-state index contributed by atoms with van der Waals surface area (Å²) in [6.07, 6.45) is 0. The van der Waals surface area contributed by atoms with Gasteiger partial charge in [-0.15, -0.1) is 33.1 Å². The Labute approximate surface area is 247 Å². The van der Waals surface area contributed by atoms with Crippen molar-refractivity contribution in [2.75, 3.05) is 0 Å². The van der Waals surface area contributed by atoms with Crippen LogP contribution >= 0.6 is 34.7 Å². The maximum absolute atomic E-state index is 9.24. The quantitative estimate of drug-likeness (QED) is 0.161. The minimum atomic E-state index is -0.0244. The number of thioether (sulfide) groups is 1. The summed E-state index contributed by atoms with van der Waals surface area (Å²) in [5.41, 5.74) is 3.18. The van der Waals surface area contributed by atoms with Crippen LogP contribution in [-0.4, -0.2) is 45.3 Å². The summed E-state index contributed by atoms with van der Waals surface area (Å²) < 4.78 is 12.3. The third-order valence-corrected chi connectivity index (χ3v) is 7.80. The number of thiophene rings is 1. The van der Waals surface area contributed by atoms with Crippen LogP contribution in [0.1, 0.15) is 22.8 Å². The van der Waals surface area contributed by atoms with E-state index in [0.29, 0.717) is 29.2 Å². The lowest BCUT2D eigenvalue weighted by molar-refractivity contribution is 0.281. The molecule has 210 valence electrons. The molecule has 14 heteroatoms. The number of aliphatic hydroxyl groups excluding tert-OH is 2. The molecule has 6 rings (SSSR count). The predicted molar refractivity (Wildman–Crippen MR) is 155 cm³/mol. The van der Waals surface area contributed by atoms with Crippen LogP contribution in [0.2, 0.25) is 0 Å². The molecule has 2 aromatic carbocycles. The highest BCUT2D eigenvalue weighted by atomic mass is 35.5. The van der Waals surface area contributed by atoms with Gasteiger partial charge in [-0.05, 0) is 46.8 Å². The van der Waals surface area contributed by atoms with Crippen molar-refractivity contribution in [1.82, 2.24) is 35.0 Å². The maximum Gasteiger partial charge on any atom is 0.257 e. The molecule has 0 fully saturated rings. The standard InChI is InChI=1S/C17H15N5O2S2.C10H9ClN2O2/c1-22-15(13-6-3-7-25-13)19-20-17(22)26-10-14-18-16(24-21-14)12-5-2-4-11(8-12)9-23;11-5-9-12-10(15-13-9)8-3-1-2-7(4-8)6-14/h2-8,23H,9-10H2,1H3;1-4,14H,5-6H2. The van der Waals surface area contributed by atoms with Crippen LogP contribution in [0.4, 0.5) is 0 Å². The van der Waals surface area contributed by atoms with Gasteiger partial charge in [0.25, 0.3) is 11.8 Å². The molecular formula is C27H24ClN7O4S2. The molecule has 0 saturated heterocycles. The van der Waals surface area contributed by atoms with E-state index < -0.39 is 0 Å². The summed E-state index contributed by atoms with van der Waals surface area (Å²) in [7, 11) is 1.94. The third-order valence-electron chi connectivity index (χ3n) is 5.68. The van der Waals surface area contributed by atoms with Crippen LogP contribution < -0.4 is 0 Å². The second-order valence-electron chi connectivity index (χ2n) is 8.51. The Morgan fingerprint density at radius 3 is 2.05 bits per heavy atom. The topological polar surface area (TPSA) is 149 Å². The molecule has 4 aromatic heterocycles. The van der Waals surface area contributed by atoms with Crippen molar-refractivity contribution in [2.45, 2.75) is 30.0 Å². The van der Waals surface area contributed by atoms with Crippen LogP contribution in [0, 0.1) is 0 Å². The van der Waals surface area contributed by atoms with E-state index >= 15 is 0 Å². The van der Waals surface area contributed by atoms with Gasteiger partial charge < -0.3 is 23.8 Å². The third kappa shape index (κ3) is 7.07. The molecule has 0 aliphatic rings. The summed E-state index contributed by atoms with van der Waals surface area (Å²) in [6.45, 7) is -0.0340. The van der Waals surface area contributed by atoms with Gasteiger partial charge >= 0.3 is 0 Å². The van der Waals surface area contributed by atoms with Crippen LogP contribution in [-0.2, 0) is 31.9 Å². The second kappa shape index (κ2) is 13.7. The van der Waals surface area contributed by atoms with E-state index in [1.807, 2.05) is 71.6 Å². The largest absolute Gasteiger partial charge is 0.392 e. The van der Waals surface area contributed by atoms with Crippen LogP contribution in [0.25, 0.3) is 33.6 Å².